The maximum atomic E-state index is 12.8. The van der Waals surface area contributed by atoms with Gasteiger partial charge < -0.3 is 25.2 Å². The topological polar surface area (TPSA) is 86.3 Å². The third kappa shape index (κ3) is 8.22. The molecule has 1 heterocycles. The van der Waals surface area contributed by atoms with E-state index in [2.05, 4.69) is 20.5 Å². The van der Waals surface area contributed by atoms with Crippen molar-refractivity contribution in [1.82, 2.24) is 20.4 Å². The summed E-state index contributed by atoms with van der Waals surface area (Å²) >= 11 is 0. The van der Waals surface area contributed by atoms with Crippen LogP contribution < -0.4 is 10.6 Å². The highest BCUT2D eigenvalue weighted by atomic mass is 16.6. The lowest BCUT2D eigenvalue weighted by atomic mass is 10.0. The zero-order valence-corrected chi connectivity index (χ0v) is 19.8. The lowest BCUT2D eigenvalue weighted by Crippen LogP contribution is -2.52. The predicted octanol–water partition coefficient (Wildman–Crippen LogP) is 2.73. The SMILES string of the molecule is CN=C(NCCCC(=O)NC1CC1)N1CCC(N(CC2CC2)C(=O)OC(C)(C)C)CC1. The van der Waals surface area contributed by atoms with Crippen LogP contribution in [0.1, 0.15) is 72.1 Å². The molecule has 0 unspecified atom stereocenters. The summed E-state index contributed by atoms with van der Waals surface area (Å²) in [6.07, 6.45) is 7.67. The number of nitrogens with one attached hydrogen (secondary N) is 2. The Morgan fingerprint density at radius 2 is 1.77 bits per heavy atom. The highest BCUT2D eigenvalue weighted by Gasteiger charge is 2.35. The number of carbonyl (C=O) groups excluding carboxylic acids is 2. The number of hydrogen-bond acceptors (Lipinski definition) is 4. The van der Waals surface area contributed by atoms with Crippen LogP contribution in [0.3, 0.4) is 0 Å². The fourth-order valence-electron chi connectivity index (χ4n) is 3.97. The summed E-state index contributed by atoms with van der Waals surface area (Å²) in [4.78, 5) is 33.3. The number of guanidine groups is 1. The van der Waals surface area contributed by atoms with E-state index in [9.17, 15) is 9.59 Å². The van der Waals surface area contributed by atoms with Gasteiger partial charge in [-0.05, 0) is 71.6 Å². The molecule has 2 aliphatic carbocycles. The fourth-order valence-corrected chi connectivity index (χ4v) is 3.97. The molecule has 0 aromatic carbocycles. The Morgan fingerprint density at radius 1 is 1.10 bits per heavy atom. The van der Waals surface area contributed by atoms with Gasteiger partial charge in [0.15, 0.2) is 5.96 Å². The number of aliphatic imine (C=N–C) groups is 1. The first-order valence-electron chi connectivity index (χ1n) is 12.0. The monoisotopic (exact) mass is 435 g/mol. The van der Waals surface area contributed by atoms with Crippen LogP contribution in [0.15, 0.2) is 4.99 Å². The van der Waals surface area contributed by atoms with Crippen molar-refractivity contribution in [3.8, 4) is 0 Å². The summed E-state index contributed by atoms with van der Waals surface area (Å²) in [5.74, 6) is 1.67. The molecule has 0 bridgehead atoms. The summed E-state index contributed by atoms with van der Waals surface area (Å²) in [5, 5.41) is 6.42. The first-order chi connectivity index (χ1) is 14.7. The molecule has 1 aliphatic heterocycles. The zero-order chi connectivity index (χ0) is 22.4. The van der Waals surface area contributed by atoms with Crippen molar-refractivity contribution in [1.29, 1.82) is 0 Å². The Labute approximate surface area is 187 Å². The average Bonchev–Trinajstić information content (AvgIpc) is 3.61. The predicted molar refractivity (Wildman–Crippen MR) is 122 cm³/mol. The van der Waals surface area contributed by atoms with E-state index in [4.69, 9.17) is 4.74 Å². The van der Waals surface area contributed by atoms with E-state index < -0.39 is 5.60 Å². The van der Waals surface area contributed by atoms with Crippen LogP contribution in [0.25, 0.3) is 0 Å². The number of amides is 2. The molecular weight excluding hydrogens is 394 g/mol. The van der Waals surface area contributed by atoms with Gasteiger partial charge in [0.25, 0.3) is 0 Å². The Bertz CT molecular complexity index is 644. The van der Waals surface area contributed by atoms with Gasteiger partial charge in [0, 0.05) is 51.7 Å². The number of hydrogen-bond donors (Lipinski definition) is 2. The fraction of sp³-hybridized carbons (Fsp3) is 0.870. The van der Waals surface area contributed by atoms with Crippen molar-refractivity contribution in [3.05, 3.63) is 0 Å². The van der Waals surface area contributed by atoms with Crippen molar-refractivity contribution in [2.75, 3.05) is 33.2 Å². The maximum Gasteiger partial charge on any atom is 0.410 e. The lowest BCUT2D eigenvalue weighted by Gasteiger charge is -2.40. The minimum absolute atomic E-state index is 0.151. The summed E-state index contributed by atoms with van der Waals surface area (Å²) in [7, 11) is 1.80. The summed E-state index contributed by atoms with van der Waals surface area (Å²) in [5.41, 5.74) is -0.471. The van der Waals surface area contributed by atoms with Crippen molar-refractivity contribution in [2.24, 2.45) is 10.9 Å². The number of piperidine rings is 1. The van der Waals surface area contributed by atoms with E-state index in [0.29, 0.717) is 18.4 Å². The average molecular weight is 436 g/mol. The molecule has 8 heteroatoms. The summed E-state index contributed by atoms with van der Waals surface area (Å²) < 4.78 is 5.69. The minimum Gasteiger partial charge on any atom is -0.444 e. The maximum absolute atomic E-state index is 12.8. The number of nitrogens with zero attached hydrogens (tertiary/aromatic N) is 3. The van der Waals surface area contributed by atoms with Gasteiger partial charge in [-0.15, -0.1) is 0 Å². The molecular formula is C23H41N5O3. The normalized spacial score (nSPS) is 20.4. The van der Waals surface area contributed by atoms with E-state index >= 15 is 0 Å². The first-order valence-corrected chi connectivity index (χ1v) is 12.0. The smallest absolute Gasteiger partial charge is 0.410 e. The van der Waals surface area contributed by atoms with Gasteiger partial charge in [-0.25, -0.2) is 4.79 Å². The molecule has 0 spiro atoms. The zero-order valence-electron chi connectivity index (χ0n) is 19.8. The van der Waals surface area contributed by atoms with Crippen LogP contribution in [0.5, 0.6) is 0 Å². The molecule has 0 aromatic rings. The molecule has 3 rings (SSSR count). The second-order valence-electron chi connectivity index (χ2n) is 10.2. The molecule has 2 saturated carbocycles. The van der Waals surface area contributed by atoms with Crippen LogP contribution in [0.4, 0.5) is 4.79 Å². The van der Waals surface area contributed by atoms with E-state index in [1.807, 2.05) is 25.7 Å². The Balaban J connectivity index is 1.42. The quantitative estimate of drug-likeness (QED) is 0.348. The second kappa shape index (κ2) is 10.6. The molecule has 31 heavy (non-hydrogen) atoms. The van der Waals surface area contributed by atoms with Gasteiger partial charge in [0.05, 0.1) is 0 Å². The van der Waals surface area contributed by atoms with Gasteiger partial charge in [-0.2, -0.15) is 0 Å². The molecule has 2 amide bonds. The third-order valence-electron chi connectivity index (χ3n) is 6.00. The van der Waals surface area contributed by atoms with Gasteiger partial charge in [-0.1, -0.05) is 0 Å². The van der Waals surface area contributed by atoms with Crippen molar-refractivity contribution >= 4 is 18.0 Å². The molecule has 1 saturated heterocycles. The van der Waals surface area contributed by atoms with Gasteiger partial charge in [0.1, 0.15) is 5.60 Å². The van der Waals surface area contributed by atoms with Gasteiger partial charge in [0.2, 0.25) is 5.91 Å². The molecule has 0 atom stereocenters. The highest BCUT2D eigenvalue weighted by molar-refractivity contribution is 5.80. The van der Waals surface area contributed by atoms with Gasteiger partial charge >= 0.3 is 6.09 Å². The van der Waals surface area contributed by atoms with E-state index in [1.54, 1.807) is 7.05 Å². The van der Waals surface area contributed by atoms with E-state index in [0.717, 1.165) is 64.2 Å². The second-order valence-corrected chi connectivity index (χ2v) is 10.2. The molecule has 176 valence electrons. The standard InChI is InChI=1S/C23H41N5O3/c1-23(2,3)31-22(30)28(16-17-7-8-17)19-11-14-27(15-12-19)21(24-4)25-13-5-6-20(29)26-18-9-10-18/h17-19H,5-16H2,1-4H3,(H,24,25)(H,26,29). The molecule has 0 aromatic heterocycles. The van der Waals surface area contributed by atoms with E-state index in [-0.39, 0.29) is 18.0 Å². The van der Waals surface area contributed by atoms with Crippen LogP contribution in [0.2, 0.25) is 0 Å². The molecule has 3 aliphatic rings. The number of rotatable bonds is 8. The largest absolute Gasteiger partial charge is 0.444 e. The Morgan fingerprint density at radius 3 is 2.32 bits per heavy atom. The molecule has 3 fully saturated rings. The van der Waals surface area contributed by atoms with Crippen LogP contribution in [-0.2, 0) is 9.53 Å². The lowest BCUT2D eigenvalue weighted by molar-refractivity contribution is -0.121. The number of carbonyl (C=O) groups is 2. The molecule has 2 N–H and O–H groups in total. The highest BCUT2D eigenvalue weighted by Crippen LogP contribution is 2.32. The summed E-state index contributed by atoms with van der Waals surface area (Å²) in [6.45, 7) is 9.04. The van der Waals surface area contributed by atoms with Crippen LogP contribution in [0, 0.1) is 5.92 Å². The van der Waals surface area contributed by atoms with E-state index in [1.165, 1.54) is 12.8 Å². The van der Waals surface area contributed by atoms with Crippen molar-refractivity contribution in [2.45, 2.75) is 89.8 Å². The van der Waals surface area contributed by atoms with Crippen molar-refractivity contribution < 1.29 is 14.3 Å². The van der Waals surface area contributed by atoms with Gasteiger partial charge in [-0.3, -0.25) is 9.79 Å². The minimum atomic E-state index is -0.471. The number of ether oxygens (including phenoxy) is 1. The molecule has 8 nitrogen and oxygen atoms in total. The number of likely N-dealkylation sites (tertiary alicyclic amines) is 1. The first kappa shape index (κ1) is 23.7. The van der Waals surface area contributed by atoms with Crippen molar-refractivity contribution in [3.63, 3.8) is 0 Å². The Hall–Kier alpha value is -1.99. The third-order valence-corrected chi connectivity index (χ3v) is 6.00. The summed E-state index contributed by atoms with van der Waals surface area (Å²) in [6, 6.07) is 0.644. The van der Waals surface area contributed by atoms with Crippen LogP contribution in [-0.4, -0.2) is 78.7 Å². The van der Waals surface area contributed by atoms with Crippen LogP contribution >= 0.6 is 0 Å². The molecule has 0 radical (unpaired) electrons. The Kier molecular flexibility index (Phi) is 8.06.